The van der Waals surface area contributed by atoms with Crippen molar-refractivity contribution in [1.29, 1.82) is 0 Å². The number of amides is 2. The van der Waals surface area contributed by atoms with Crippen LogP contribution in [0.5, 0.6) is 0 Å². The van der Waals surface area contributed by atoms with Crippen LogP contribution in [0.1, 0.15) is 31.8 Å². The first-order valence-corrected chi connectivity index (χ1v) is 9.42. The molecule has 0 aliphatic rings. The summed E-state index contributed by atoms with van der Waals surface area (Å²) in [5.74, 6) is -1.83. The van der Waals surface area contributed by atoms with E-state index in [1.165, 1.54) is 24.3 Å². The lowest BCUT2D eigenvalue weighted by atomic mass is 10.1. The maximum absolute atomic E-state index is 13.2. The molecular formula is C22H16F6N4O2. The highest BCUT2D eigenvalue weighted by molar-refractivity contribution is 6.07. The smallest absolute Gasteiger partial charge is 0.399 e. The van der Waals surface area contributed by atoms with Crippen molar-refractivity contribution < 1.29 is 35.9 Å². The molecule has 12 heteroatoms. The molecular weight excluding hydrogens is 466 g/mol. The topological polar surface area (TPSA) is 110 Å². The first-order chi connectivity index (χ1) is 15.8. The number of hydrogen-bond acceptors (Lipinski definition) is 4. The molecule has 0 heterocycles. The van der Waals surface area contributed by atoms with Gasteiger partial charge in [-0.2, -0.15) is 26.3 Å². The third-order valence-electron chi connectivity index (χ3n) is 4.60. The molecule has 0 aliphatic heterocycles. The molecule has 0 aromatic heterocycles. The van der Waals surface area contributed by atoms with Crippen molar-refractivity contribution in [2.45, 2.75) is 12.4 Å². The lowest BCUT2D eigenvalue weighted by Gasteiger charge is -2.15. The highest BCUT2D eigenvalue weighted by Crippen LogP contribution is 2.36. The van der Waals surface area contributed by atoms with E-state index in [1.807, 2.05) is 0 Å². The number of halogens is 6. The van der Waals surface area contributed by atoms with Gasteiger partial charge in [0.1, 0.15) is 0 Å². The Kier molecular flexibility index (Phi) is 6.44. The Hall–Kier alpha value is -4.22. The van der Waals surface area contributed by atoms with Crippen LogP contribution >= 0.6 is 0 Å². The minimum atomic E-state index is -4.78. The molecule has 0 spiro atoms. The van der Waals surface area contributed by atoms with E-state index >= 15 is 0 Å². The van der Waals surface area contributed by atoms with Crippen molar-refractivity contribution in [1.82, 2.24) is 0 Å². The summed E-state index contributed by atoms with van der Waals surface area (Å²) in [6, 6.07) is 10.6. The molecule has 0 atom stereocenters. The number of benzene rings is 3. The van der Waals surface area contributed by atoms with Crippen LogP contribution in [0, 0.1) is 0 Å². The molecule has 3 aromatic rings. The fraction of sp³-hybridized carbons (Fsp3) is 0.0909. The van der Waals surface area contributed by atoms with Gasteiger partial charge in [0.2, 0.25) is 0 Å². The lowest BCUT2D eigenvalue weighted by molar-refractivity contribution is -0.137. The first-order valence-electron chi connectivity index (χ1n) is 9.42. The molecule has 3 aromatic carbocycles. The minimum absolute atomic E-state index is 0.0244. The second kappa shape index (κ2) is 8.96. The van der Waals surface area contributed by atoms with Gasteiger partial charge in [-0.15, -0.1) is 0 Å². The van der Waals surface area contributed by atoms with Gasteiger partial charge in [0, 0.05) is 28.2 Å². The molecule has 0 bridgehead atoms. The van der Waals surface area contributed by atoms with Gasteiger partial charge in [0.05, 0.1) is 16.8 Å². The molecule has 6 nitrogen and oxygen atoms in total. The number of carbonyl (C=O) groups excluding carboxylic acids is 2. The number of rotatable bonds is 4. The highest BCUT2D eigenvalue weighted by Gasteiger charge is 2.35. The average molecular weight is 482 g/mol. The van der Waals surface area contributed by atoms with E-state index in [0.717, 1.165) is 24.3 Å². The van der Waals surface area contributed by atoms with Crippen LogP contribution in [0.25, 0.3) is 0 Å². The number of nitrogens with one attached hydrogen (secondary N) is 2. The second-order valence-electron chi connectivity index (χ2n) is 7.09. The van der Waals surface area contributed by atoms with Crippen molar-refractivity contribution in [3.05, 3.63) is 82.9 Å². The monoisotopic (exact) mass is 482 g/mol. The Balaban J connectivity index is 1.81. The molecule has 0 aliphatic carbocycles. The predicted molar refractivity (Wildman–Crippen MR) is 114 cm³/mol. The molecule has 0 saturated carbocycles. The number of alkyl halides is 6. The number of carbonyl (C=O) groups is 2. The van der Waals surface area contributed by atoms with Crippen LogP contribution in [0.4, 0.5) is 49.1 Å². The molecule has 34 heavy (non-hydrogen) atoms. The zero-order valence-corrected chi connectivity index (χ0v) is 17.0. The summed E-state index contributed by atoms with van der Waals surface area (Å²) in [7, 11) is 0. The van der Waals surface area contributed by atoms with E-state index in [4.69, 9.17) is 11.5 Å². The van der Waals surface area contributed by atoms with Gasteiger partial charge >= 0.3 is 12.4 Å². The van der Waals surface area contributed by atoms with Gasteiger partial charge in [-0.1, -0.05) is 6.07 Å². The summed E-state index contributed by atoms with van der Waals surface area (Å²) in [6.07, 6.45) is -9.54. The van der Waals surface area contributed by atoms with E-state index < -0.39 is 46.7 Å². The Morgan fingerprint density at radius 3 is 1.94 bits per heavy atom. The molecule has 2 amide bonds. The summed E-state index contributed by atoms with van der Waals surface area (Å²) in [5.41, 5.74) is 6.73. The Morgan fingerprint density at radius 2 is 1.29 bits per heavy atom. The third kappa shape index (κ3) is 5.57. The van der Waals surface area contributed by atoms with Gasteiger partial charge < -0.3 is 22.1 Å². The largest absolute Gasteiger partial charge is 0.418 e. The molecule has 178 valence electrons. The Bertz CT molecular complexity index is 1250. The number of hydrogen-bond donors (Lipinski definition) is 4. The molecule has 0 radical (unpaired) electrons. The quantitative estimate of drug-likeness (QED) is 0.295. The summed E-state index contributed by atoms with van der Waals surface area (Å²) in [5, 5.41) is 4.47. The van der Waals surface area contributed by atoms with E-state index in [9.17, 15) is 35.9 Å². The summed E-state index contributed by atoms with van der Waals surface area (Å²) in [6.45, 7) is 0. The van der Waals surface area contributed by atoms with Crippen LogP contribution in [-0.2, 0) is 12.4 Å². The number of anilines is 4. The SMILES string of the molecule is Nc1ccc(NC(=O)c2cccc(NC(=O)c3ccc(N)c(C(F)(F)F)c3)c2)c(C(F)(F)F)c1. The normalized spacial score (nSPS) is 11.7. The maximum Gasteiger partial charge on any atom is 0.418 e. The summed E-state index contributed by atoms with van der Waals surface area (Å²) >= 11 is 0. The third-order valence-corrected chi connectivity index (χ3v) is 4.60. The van der Waals surface area contributed by atoms with Gasteiger partial charge in [0.15, 0.2) is 0 Å². The summed E-state index contributed by atoms with van der Waals surface area (Å²) < 4.78 is 78.8. The van der Waals surface area contributed by atoms with Crippen molar-refractivity contribution >= 4 is 34.6 Å². The Morgan fingerprint density at radius 1 is 0.676 bits per heavy atom. The van der Waals surface area contributed by atoms with Crippen LogP contribution in [0.2, 0.25) is 0 Å². The standard InChI is InChI=1S/C22H16F6N4O2/c23-21(24,25)15-9-12(4-6-17(15)30)19(33)31-14-3-1-2-11(8-14)20(34)32-18-7-5-13(29)10-16(18)22(26,27)28/h1-10H,29-30H2,(H,31,33)(H,32,34). The number of nitrogens with two attached hydrogens (primary N) is 2. The Labute approximate surface area is 188 Å². The maximum atomic E-state index is 13.2. The van der Waals surface area contributed by atoms with E-state index in [2.05, 4.69) is 10.6 Å². The molecule has 6 N–H and O–H groups in total. The van der Waals surface area contributed by atoms with Crippen molar-refractivity contribution in [3.63, 3.8) is 0 Å². The minimum Gasteiger partial charge on any atom is -0.399 e. The van der Waals surface area contributed by atoms with Crippen molar-refractivity contribution in [2.75, 3.05) is 22.1 Å². The summed E-state index contributed by atoms with van der Waals surface area (Å²) in [4.78, 5) is 24.9. The predicted octanol–water partition coefficient (Wildman–Crippen LogP) is 5.39. The van der Waals surface area contributed by atoms with Crippen molar-refractivity contribution in [3.8, 4) is 0 Å². The zero-order chi connectivity index (χ0) is 25.3. The fourth-order valence-corrected chi connectivity index (χ4v) is 2.98. The van der Waals surface area contributed by atoms with E-state index in [1.54, 1.807) is 0 Å². The van der Waals surface area contributed by atoms with E-state index in [-0.39, 0.29) is 22.5 Å². The second-order valence-corrected chi connectivity index (χ2v) is 7.09. The lowest BCUT2D eigenvalue weighted by Crippen LogP contribution is -2.18. The van der Waals surface area contributed by atoms with Gasteiger partial charge in [-0.3, -0.25) is 9.59 Å². The highest BCUT2D eigenvalue weighted by atomic mass is 19.4. The van der Waals surface area contributed by atoms with Gasteiger partial charge in [-0.05, 0) is 54.6 Å². The fourth-order valence-electron chi connectivity index (χ4n) is 2.98. The van der Waals surface area contributed by atoms with Crippen molar-refractivity contribution in [2.24, 2.45) is 0 Å². The van der Waals surface area contributed by atoms with Crippen LogP contribution in [0.3, 0.4) is 0 Å². The average Bonchev–Trinajstić information content (AvgIpc) is 2.74. The van der Waals surface area contributed by atoms with Crippen LogP contribution in [-0.4, -0.2) is 11.8 Å². The molecule has 0 unspecified atom stereocenters. The van der Waals surface area contributed by atoms with Crippen LogP contribution in [0.15, 0.2) is 60.7 Å². The number of nitrogen functional groups attached to an aromatic ring is 2. The van der Waals surface area contributed by atoms with Gasteiger partial charge in [-0.25, -0.2) is 0 Å². The molecule has 0 fully saturated rings. The molecule has 3 rings (SSSR count). The van der Waals surface area contributed by atoms with Gasteiger partial charge in [0.25, 0.3) is 11.8 Å². The zero-order valence-electron chi connectivity index (χ0n) is 17.0. The first kappa shape index (κ1) is 24.4. The van der Waals surface area contributed by atoms with Crippen LogP contribution < -0.4 is 22.1 Å². The molecule has 0 saturated heterocycles. The van der Waals surface area contributed by atoms with E-state index in [0.29, 0.717) is 12.1 Å².